The van der Waals surface area contributed by atoms with Crippen LogP contribution in [0, 0.1) is 0 Å². The molecule has 45 heavy (non-hydrogen) atoms. The van der Waals surface area contributed by atoms with Gasteiger partial charge < -0.3 is 35.1 Å². The Balaban J connectivity index is 1.29. The van der Waals surface area contributed by atoms with Gasteiger partial charge in [-0.15, -0.1) is 5.10 Å². The highest BCUT2D eigenvalue weighted by atomic mass is 32.7. The predicted molar refractivity (Wildman–Crippen MR) is 159 cm³/mol. The van der Waals surface area contributed by atoms with E-state index in [1.165, 1.54) is 0 Å². The maximum Gasteiger partial charge on any atom is 0.280 e. The van der Waals surface area contributed by atoms with Crippen LogP contribution in [0.4, 0.5) is 20.5 Å². The number of nitrogen functional groups attached to an aromatic ring is 2. The van der Waals surface area contributed by atoms with Crippen molar-refractivity contribution in [1.82, 2.24) is 44.5 Å². The summed E-state index contributed by atoms with van der Waals surface area (Å²) >= 11 is 7.94. The number of nitrogens with zero attached hydrogens (tertiary/aromatic N) is 8. The van der Waals surface area contributed by atoms with Crippen LogP contribution in [-0.4, -0.2) is 99.1 Å². The quantitative estimate of drug-likeness (QED) is 0.0971. The maximum atomic E-state index is 15.9. The first kappa shape index (κ1) is 32.2. The van der Waals surface area contributed by atoms with Gasteiger partial charge in [0.15, 0.2) is 46.8 Å². The molecular weight excluding hydrogens is 686 g/mol. The zero-order chi connectivity index (χ0) is 32.2. The van der Waals surface area contributed by atoms with Crippen LogP contribution in [0.25, 0.3) is 22.3 Å². The number of nitrogens with one attached hydrogen (secondary N) is 1. The minimum absolute atomic E-state index is 0.0226. The fraction of sp³-hybridized carbons (Fsp3) is 0.550. The molecule has 2 unspecified atom stereocenters. The number of hydrogen-bond acceptors (Lipinski definition) is 16. The van der Waals surface area contributed by atoms with Gasteiger partial charge in [0, 0.05) is 6.61 Å². The summed E-state index contributed by atoms with van der Waals surface area (Å²) < 4.78 is 82.2. The van der Waals surface area contributed by atoms with Crippen LogP contribution >= 0.6 is 38.3 Å². The number of aliphatic hydroxyl groups excluding tert-OH is 1. The maximum absolute atomic E-state index is 15.9. The number of thiol groups is 2. The first-order valence-corrected chi connectivity index (χ1v) is 18.5. The molecule has 2 saturated heterocycles. The van der Waals surface area contributed by atoms with Crippen LogP contribution in [0.2, 0.25) is 0 Å². The molecule has 244 valence electrons. The zero-order valence-electron chi connectivity index (χ0n) is 22.5. The van der Waals surface area contributed by atoms with Crippen molar-refractivity contribution < 1.29 is 41.5 Å². The smallest absolute Gasteiger partial charge is 0.280 e. The van der Waals surface area contributed by atoms with Crippen molar-refractivity contribution in [2.24, 2.45) is 0 Å². The molecule has 0 bridgehead atoms. The van der Waals surface area contributed by atoms with E-state index in [-0.39, 0.29) is 40.5 Å². The summed E-state index contributed by atoms with van der Waals surface area (Å²) in [7, 11) is -3.05. The Kier molecular flexibility index (Phi) is 8.91. The fourth-order valence-electron chi connectivity index (χ4n) is 5.27. The third kappa shape index (κ3) is 5.85. The van der Waals surface area contributed by atoms with E-state index in [0.717, 1.165) is 21.9 Å². The standard InChI is InChI=1S/C20H25F2N11O8P2S2/c21-8-6(1-2-34)39-19(32-5-27-11-16(32)28-20(24)29-17(11)35)13(8)43(37,45)38-3-7-12(41-42(36)44)9(22)18(40-7)33-15-10(30-31-33)14(23)25-4-26-15/h4-9,12-13,18-19,34,42H,1-3H2,(H,36,44)(H,37,45)(H2,23,25,26)(H3,24,28,29,35)/t6-,7-,8+,9+,12-,13-,18-,19-,43?/m1/s1. The third-order valence-corrected chi connectivity index (χ3v) is 11.0. The summed E-state index contributed by atoms with van der Waals surface area (Å²) in [6.07, 6.45) is -9.25. The van der Waals surface area contributed by atoms with Gasteiger partial charge >= 0.3 is 0 Å². The topological polar surface area (TPSA) is 263 Å². The number of nitrogens with two attached hydrogens (primary N) is 2. The number of fused-ring (bicyclic) bond motifs is 2. The number of aromatic amines is 1. The SMILES string of the molecule is Nc1nc2c(ncn2[C@@H]2O[C@H](CCO)[C@H](F)[C@H]2P(=O)(S)OC[C@H]2O[C@@H](n3nnc4c(N)ncnc43)[C@@H](F)[C@@H]2O[PH](=O)S)c(=O)[nH]1. The van der Waals surface area contributed by atoms with Gasteiger partial charge in [-0.3, -0.25) is 23.5 Å². The first-order valence-electron chi connectivity index (χ1n) is 13.0. The van der Waals surface area contributed by atoms with E-state index in [1.54, 1.807) is 0 Å². The molecule has 0 radical (unpaired) electrons. The minimum atomic E-state index is -4.41. The summed E-state index contributed by atoms with van der Waals surface area (Å²) in [6.45, 7) is -5.59. The molecule has 2 aliphatic heterocycles. The fourth-order valence-corrected chi connectivity index (χ4v) is 8.69. The van der Waals surface area contributed by atoms with E-state index >= 15 is 8.78 Å². The van der Waals surface area contributed by atoms with Crippen LogP contribution in [0.3, 0.4) is 0 Å². The van der Waals surface area contributed by atoms with Crippen LogP contribution in [0.1, 0.15) is 18.9 Å². The van der Waals surface area contributed by atoms with Crippen molar-refractivity contribution in [3.8, 4) is 0 Å². The minimum Gasteiger partial charge on any atom is -0.396 e. The molecule has 0 aromatic carbocycles. The second-order valence-corrected chi connectivity index (χ2v) is 15.5. The molecule has 10 atom stereocenters. The molecule has 0 amide bonds. The molecule has 6 rings (SSSR count). The van der Waals surface area contributed by atoms with E-state index in [4.69, 9.17) is 30.0 Å². The lowest BCUT2D eigenvalue weighted by Gasteiger charge is -2.27. The average Bonchev–Trinajstić information content (AvgIpc) is 3.73. The van der Waals surface area contributed by atoms with E-state index < -0.39 is 81.3 Å². The van der Waals surface area contributed by atoms with Gasteiger partial charge in [-0.1, -0.05) is 29.7 Å². The number of ether oxygens (including phenoxy) is 2. The highest BCUT2D eigenvalue weighted by Crippen LogP contribution is 2.64. The third-order valence-electron chi connectivity index (χ3n) is 7.26. The highest BCUT2D eigenvalue weighted by molar-refractivity contribution is 8.46. The van der Waals surface area contributed by atoms with Gasteiger partial charge in [0.05, 0.1) is 19.0 Å². The Morgan fingerprint density at radius 1 is 1.13 bits per heavy atom. The Morgan fingerprint density at radius 3 is 2.62 bits per heavy atom. The molecule has 4 aromatic heterocycles. The molecule has 0 aliphatic carbocycles. The number of imidazole rings is 1. The summed E-state index contributed by atoms with van der Waals surface area (Å²) in [5.41, 5.74) is 8.96. The van der Waals surface area contributed by atoms with Gasteiger partial charge in [0.2, 0.25) is 13.2 Å². The van der Waals surface area contributed by atoms with Gasteiger partial charge in [-0.25, -0.2) is 23.7 Å². The largest absolute Gasteiger partial charge is 0.396 e. The number of alkyl halides is 2. The zero-order valence-corrected chi connectivity index (χ0v) is 26.2. The van der Waals surface area contributed by atoms with Gasteiger partial charge in [-0.2, -0.15) is 9.67 Å². The van der Waals surface area contributed by atoms with Crippen molar-refractivity contribution >= 4 is 72.4 Å². The molecule has 6 heterocycles. The van der Waals surface area contributed by atoms with Crippen LogP contribution < -0.4 is 17.0 Å². The molecule has 4 aromatic rings. The second kappa shape index (κ2) is 12.5. The Hall–Kier alpha value is -2.75. The van der Waals surface area contributed by atoms with Crippen molar-refractivity contribution in [3.63, 3.8) is 0 Å². The lowest BCUT2D eigenvalue weighted by Crippen LogP contribution is -2.34. The lowest BCUT2D eigenvalue weighted by atomic mass is 10.1. The number of hydrogen-bond donors (Lipinski definition) is 6. The summed E-state index contributed by atoms with van der Waals surface area (Å²) in [4.78, 5) is 30.4. The number of H-pyrrole nitrogens is 1. The second-order valence-electron chi connectivity index (χ2n) is 9.97. The number of aliphatic hydroxyl groups is 1. The molecular formula is C20H25F2N11O8P2S2. The first-order chi connectivity index (χ1) is 21.4. The number of halogens is 2. The number of anilines is 2. The van der Waals surface area contributed by atoms with Crippen molar-refractivity contribution in [3.05, 3.63) is 23.0 Å². The Labute approximate surface area is 261 Å². The van der Waals surface area contributed by atoms with E-state index in [2.05, 4.69) is 59.7 Å². The van der Waals surface area contributed by atoms with Gasteiger partial charge in [-0.05, 0) is 6.42 Å². The number of rotatable bonds is 10. The summed E-state index contributed by atoms with van der Waals surface area (Å²) in [5, 5.41) is 17.2. The van der Waals surface area contributed by atoms with E-state index in [0.29, 0.717) is 0 Å². The summed E-state index contributed by atoms with van der Waals surface area (Å²) in [6, 6.07) is 0. The van der Waals surface area contributed by atoms with Crippen LogP contribution in [0.5, 0.6) is 0 Å². The van der Waals surface area contributed by atoms with Gasteiger partial charge in [0.25, 0.3) is 12.1 Å². The Morgan fingerprint density at radius 2 is 1.89 bits per heavy atom. The average molecular weight is 712 g/mol. The van der Waals surface area contributed by atoms with E-state index in [1.807, 2.05) is 0 Å². The normalized spacial score (nSPS) is 30.7. The molecule has 19 nitrogen and oxygen atoms in total. The van der Waals surface area contributed by atoms with Gasteiger partial charge in [0.1, 0.15) is 30.4 Å². The molecule has 2 fully saturated rings. The molecule has 2 aliphatic rings. The molecule has 25 heteroatoms. The Bertz CT molecular complexity index is 1870. The van der Waals surface area contributed by atoms with Crippen molar-refractivity contribution in [1.29, 1.82) is 0 Å². The highest BCUT2D eigenvalue weighted by Gasteiger charge is 2.56. The lowest BCUT2D eigenvalue weighted by molar-refractivity contribution is -0.0442. The molecule has 6 N–H and O–H groups in total. The van der Waals surface area contributed by atoms with Crippen LogP contribution in [0.15, 0.2) is 17.4 Å². The number of aromatic nitrogens is 9. The summed E-state index contributed by atoms with van der Waals surface area (Å²) in [5.74, 6) is -0.291. The van der Waals surface area contributed by atoms with E-state index in [9.17, 15) is 19.0 Å². The van der Waals surface area contributed by atoms with Crippen molar-refractivity contribution in [2.75, 3.05) is 24.7 Å². The molecule has 0 spiro atoms. The predicted octanol–water partition coefficient (Wildman–Crippen LogP) is 0.585. The molecule has 0 saturated carbocycles. The van der Waals surface area contributed by atoms with Crippen LogP contribution in [-0.2, 0) is 27.7 Å². The van der Waals surface area contributed by atoms with Crippen molar-refractivity contribution in [2.45, 2.75) is 55.2 Å². The monoisotopic (exact) mass is 711 g/mol.